The van der Waals surface area contributed by atoms with Crippen molar-refractivity contribution in [1.29, 1.82) is 0 Å². The van der Waals surface area contributed by atoms with Crippen LogP contribution in [0.1, 0.15) is 64.4 Å². The summed E-state index contributed by atoms with van der Waals surface area (Å²) in [5, 5.41) is 2.98. The molecule has 5 nitrogen and oxygen atoms in total. The average molecular weight is 609 g/mol. The van der Waals surface area contributed by atoms with E-state index in [0.29, 0.717) is 29.7 Å². The molecule has 0 bridgehead atoms. The lowest BCUT2D eigenvalue weighted by Gasteiger charge is -2.39. The van der Waals surface area contributed by atoms with Crippen molar-refractivity contribution in [3.63, 3.8) is 0 Å². The number of carbonyl (C=O) groups excluding carboxylic acids is 2. The number of halogens is 7. The Kier molecular flexibility index (Phi) is 8.26. The number of nitrogens with zero attached hydrogens (tertiary/aromatic N) is 1. The number of nitrogens with one attached hydrogen (secondary N) is 1. The van der Waals surface area contributed by atoms with Crippen LogP contribution in [0, 0.1) is 5.82 Å². The van der Waals surface area contributed by atoms with Crippen LogP contribution in [0.15, 0.2) is 72.8 Å². The quantitative estimate of drug-likeness (QED) is 0.310. The number of piperidine rings is 1. The number of ether oxygens (including phenoxy) is 1. The van der Waals surface area contributed by atoms with Gasteiger partial charge in [-0.2, -0.15) is 26.3 Å². The summed E-state index contributed by atoms with van der Waals surface area (Å²) < 4.78 is 101. The largest absolute Gasteiger partial charge is 0.416 e. The summed E-state index contributed by atoms with van der Waals surface area (Å²) in [7, 11) is 0. The van der Waals surface area contributed by atoms with Crippen molar-refractivity contribution in [1.82, 2.24) is 10.2 Å². The van der Waals surface area contributed by atoms with Crippen LogP contribution in [0.2, 0.25) is 0 Å². The summed E-state index contributed by atoms with van der Waals surface area (Å²) in [6.07, 6.45) is -11.8. The number of benzene rings is 3. The Labute approximate surface area is 242 Å². The Morgan fingerprint density at radius 1 is 0.930 bits per heavy atom. The van der Waals surface area contributed by atoms with E-state index in [1.165, 1.54) is 36.1 Å². The zero-order valence-electron chi connectivity index (χ0n) is 22.8. The molecule has 0 saturated carbocycles. The van der Waals surface area contributed by atoms with Crippen LogP contribution in [0.5, 0.6) is 0 Å². The molecule has 0 radical (unpaired) electrons. The number of hydrogen-bond acceptors (Lipinski definition) is 3. The molecule has 2 heterocycles. The lowest BCUT2D eigenvalue weighted by Crippen LogP contribution is -2.56. The smallest absolute Gasteiger partial charge is 0.368 e. The molecule has 2 aliphatic heterocycles. The van der Waals surface area contributed by atoms with Gasteiger partial charge in [-0.25, -0.2) is 4.39 Å². The van der Waals surface area contributed by atoms with E-state index in [1.54, 1.807) is 30.3 Å². The monoisotopic (exact) mass is 608 g/mol. The van der Waals surface area contributed by atoms with Gasteiger partial charge in [-0.3, -0.25) is 9.59 Å². The molecule has 43 heavy (non-hydrogen) atoms. The minimum absolute atomic E-state index is 0.0291. The van der Waals surface area contributed by atoms with Crippen molar-refractivity contribution in [3.8, 4) is 0 Å². The van der Waals surface area contributed by atoms with E-state index in [-0.39, 0.29) is 36.4 Å². The van der Waals surface area contributed by atoms with E-state index in [4.69, 9.17) is 4.74 Å². The molecule has 2 amide bonds. The molecular weight excluding hydrogens is 581 g/mol. The minimum atomic E-state index is -5.03. The van der Waals surface area contributed by atoms with Gasteiger partial charge in [0.2, 0.25) is 5.91 Å². The zero-order chi connectivity index (χ0) is 31.1. The predicted octanol–water partition coefficient (Wildman–Crippen LogP) is 6.90. The maximum absolute atomic E-state index is 13.9. The lowest BCUT2D eigenvalue weighted by atomic mass is 9.82. The Morgan fingerprint density at radius 3 is 2.12 bits per heavy atom. The summed E-state index contributed by atoms with van der Waals surface area (Å²) in [6.45, 7) is 1.31. The molecule has 4 unspecified atom stereocenters. The fourth-order valence-electron chi connectivity index (χ4n) is 5.95. The molecule has 0 spiro atoms. The number of hydrogen-bond donors (Lipinski definition) is 1. The van der Waals surface area contributed by atoms with E-state index in [2.05, 4.69) is 5.32 Å². The normalized spacial score (nSPS) is 23.2. The first kappa shape index (κ1) is 30.5. The number of carbonyl (C=O) groups is 2. The van der Waals surface area contributed by atoms with Crippen LogP contribution < -0.4 is 5.32 Å². The van der Waals surface area contributed by atoms with Crippen molar-refractivity contribution < 1.29 is 45.1 Å². The Morgan fingerprint density at radius 2 is 1.53 bits per heavy atom. The van der Waals surface area contributed by atoms with Crippen LogP contribution in [0.25, 0.3) is 0 Å². The van der Waals surface area contributed by atoms with Gasteiger partial charge in [0.05, 0.1) is 35.4 Å². The molecule has 12 heteroatoms. The van der Waals surface area contributed by atoms with Gasteiger partial charge < -0.3 is 15.0 Å². The highest BCUT2D eigenvalue weighted by molar-refractivity contribution is 5.94. The molecule has 3 aromatic rings. The highest BCUT2D eigenvalue weighted by Crippen LogP contribution is 2.44. The first-order valence-corrected chi connectivity index (χ1v) is 13.6. The van der Waals surface area contributed by atoms with E-state index in [1.807, 2.05) is 0 Å². The van der Waals surface area contributed by atoms with E-state index in [0.717, 1.165) is 0 Å². The van der Waals surface area contributed by atoms with Gasteiger partial charge in [-0.1, -0.05) is 30.3 Å². The molecular formula is C31H27F7N2O3. The van der Waals surface area contributed by atoms with Crippen molar-refractivity contribution >= 4 is 11.8 Å². The third kappa shape index (κ3) is 6.53. The Hall–Kier alpha value is -3.93. The number of amides is 2. The van der Waals surface area contributed by atoms with E-state index in [9.17, 15) is 40.3 Å². The number of rotatable bonds is 6. The molecule has 228 valence electrons. The van der Waals surface area contributed by atoms with Gasteiger partial charge in [0.15, 0.2) is 0 Å². The SMILES string of the molecule is CC(O[C@H]1CN2C(=O)CCC(NC(=O)c3ccccc3)C2C1c1ccc(F)cc1)c1cc(C(F)(F)F)cc(C(F)(F)F)c1. The highest BCUT2D eigenvalue weighted by atomic mass is 19.4. The molecule has 2 fully saturated rings. The van der Waals surface area contributed by atoms with Crippen molar-refractivity contribution in [3.05, 3.63) is 106 Å². The van der Waals surface area contributed by atoms with Crippen LogP contribution in [-0.4, -0.2) is 41.4 Å². The summed E-state index contributed by atoms with van der Waals surface area (Å²) in [5.74, 6) is -1.82. The van der Waals surface area contributed by atoms with Gasteiger partial charge in [0.1, 0.15) is 5.82 Å². The van der Waals surface area contributed by atoms with Gasteiger partial charge in [-0.05, 0) is 66.9 Å². The molecule has 5 rings (SSSR count). The first-order chi connectivity index (χ1) is 20.2. The molecule has 0 aliphatic carbocycles. The second-order valence-corrected chi connectivity index (χ2v) is 10.8. The van der Waals surface area contributed by atoms with Gasteiger partial charge >= 0.3 is 12.4 Å². The number of alkyl halides is 6. The molecule has 2 aliphatic rings. The van der Waals surface area contributed by atoms with Crippen molar-refractivity contribution in [2.24, 2.45) is 0 Å². The second kappa shape index (κ2) is 11.6. The minimum Gasteiger partial charge on any atom is -0.368 e. The molecule has 0 aromatic heterocycles. The van der Waals surface area contributed by atoms with E-state index < -0.39 is 59.5 Å². The molecule has 3 aromatic carbocycles. The summed E-state index contributed by atoms with van der Waals surface area (Å²) in [6, 6.07) is 13.9. The maximum atomic E-state index is 13.9. The summed E-state index contributed by atoms with van der Waals surface area (Å²) in [5.41, 5.74) is -2.34. The van der Waals surface area contributed by atoms with Crippen molar-refractivity contribution in [2.45, 2.75) is 62.3 Å². The highest BCUT2D eigenvalue weighted by Gasteiger charge is 2.52. The predicted molar refractivity (Wildman–Crippen MR) is 141 cm³/mol. The van der Waals surface area contributed by atoms with Crippen LogP contribution in [0.4, 0.5) is 30.7 Å². The molecule has 1 N–H and O–H groups in total. The third-order valence-corrected chi connectivity index (χ3v) is 7.97. The maximum Gasteiger partial charge on any atom is 0.416 e. The topological polar surface area (TPSA) is 58.6 Å². The number of fused-ring (bicyclic) bond motifs is 1. The van der Waals surface area contributed by atoms with E-state index >= 15 is 0 Å². The van der Waals surface area contributed by atoms with Crippen LogP contribution in [0.3, 0.4) is 0 Å². The summed E-state index contributed by atoms with van der Waals surface area (Å²) in [4.78, 5) is 27.7. The molecule has 5 atom stereocenters. The zero-order valence-corrected chi connectivity index (χ0v) is 22.8. The fourth-order valence-corrected chi connectivity index (χ4v) is 5.95. The first-order valence-electron chi connectivity index (χ1n) is 13.6. The summed E-state index contributed by atoms with van der Waals surface area (Å²) >= 11 is 0. The average Bonchev–Trinajstić information content (AvgIpc) is 3.34. The standard InChI is InChI=1S/C31H27F7N2O3/c1-17(20-13-21(30(33,34)35)15-22(14-20)31(36,37)38)43-25-16-40-26(41)12-11-24(39-29(42)19-5-3-2-4-6-19)28(40)27(25)18-7-9-23(32)10-8-18/h2-10,13-15,17,24-25,27-28H,11-12,16H2,1H3,(H,39,42)/t17?,24?,25-,27?,28?/m0/s1. The van der Waals surface area contributed by atoms with Crippen LogP contribution in [-0.2, 0) is 21.9 Å². The Bertz CT molecular complexity index is 1440. The third-order valence-electron chi connectivity index (χ3n) is 7.97. The molecule has 2 saturated heterocycles. The lowest BCUT2D eigenvalue weighted by molar-refractivity contribution is -0.143. The fraction of sp³-hybridized carbons (Fsp3) is 0.355. The van der Waals surface area contributed by atoms with Crippen LogP contribution >= 0.6 is 0 Å². The van der Waals surface area contributed by atoms with Gasteiger partial charge in [-0.15, -0.1) is 0 Å². The Balaban J connectivity index is 1.50. The second-order valence-electron chi connectivity index (χ2n) is 10.8. The van der Waals surface area contributed by atoms with Crippen molar-refractivity contribution in [2.75, 3.05) is 6.54 Å². The van der Waals surface area contributed by atoms with Gasteiger partial charge in [0, 0.05) is 24.4 Å². The van der Waals surface area contributed by atoms with Gasteiger partial charge in [0.25, 0.3) is 5.91 Å².